The van der Waals surface area contributed by atoms with Crippen LogP contribution in [-0.4, -0.2) is 55.8 Å². The first kappa shape index (κ1) is 32.1. The highest BCUT2D eigenvalue weighted by molar-refractivity contribution is 5.90. The standard InChI is InChI=1S/C36H51N3O6/c1-31(2)11-13-36(30(45)39-23(29(43)44)17-27(41)42)14-12-34(5)21(22(36)18-31)7-8-26-32(3)19-24-28(38-16-15-37-24)33(4,20-40)25(32)9-10-35(26,34)6/h7,15-16,22-23,25-26,40H,8-14,17-20H2,1-6H3,(H,39,45)(H,41,42)(H,43,44)/t22-,23-,25+,26+,32-,33-,34+,35+,36-/m0/s1. The van der Waals surface area contributed by atoms with Crippen molar-refractivity contribution < 1.29 is 29.7 Å². The van der Waals surface area contributed by atoms with Crippen molar-refractivity contribution in [3.8, 4) is 0 Å². The zero-order valence-corrected chi connectivity index (χ0v) is 27.8. The minimum atomic E-state index is -1.45. The van der Waals surface area contributed by atoms with Crippen molar-refractivity contribution in [3.05, 3.63) is 35.4 Å². The number of carbonyl (C=O) groups is 3. The molecule has 0 bridgehead atoms. The Morgan fingerprint density at radius 2 is 1.64 bits per heavy atom. The first-order chi connectivity index (χ1) is 21.0. The number of nitrogens with one attached hydrogen (secondary N) is 1. The van der Waals surface area contributed by atoms with Crippen LogP contribution in [0, 0.1) is 44.8 Å². The molecule has 0 saturated heterocycles. The van der Waals surface area contributed by atoms with Gasteiger partial charge in [-0.2, -0.15) is 0 Å². The molecule has 0 unspecified atom stereocenters. The Labute approximate surface area is 266 Å². The quantitative estimate of drug-likeness (QED) is 0.312. The molecule has 0 aliphatic heterocycles. The largest absolute Gasteiger partial charge is 0.481 e. The Hall–Kier alpha value is -2.81. The lowest BCUT2D eigenvalue weighted by Gasteiger charge is -2.70. The van der Waals surface area contributed by atoms with Gasteiger partial charge in [0.2, 0.25) is 5.91 Å². The normalized spacial score (nSPS) is 41.9. The van der Waals surface area contributed by atoms with Gasteiger partial charge in [0, 0.05) is 17.8 Å². The minimum Gasteiger partial charge on any atom is -0.481 e. The van der Waals surface area contributed by atoms with Crippen LogP contribution in [-0.2, 0) is 26.2 Å². The van der Waals surface area contributed by atoms with Gasteiger partial charge in [-0.05, 0) is 97.2 Å². The molecule has 0 spiro atoms. The average molecular weight is 622 g/mol. The highest BCUT2D eigenvalue weighted by Crippen LogP contribution is 2.75. The molecule has 4 N–H and O–H groups in total. The molecular formula is C36H51N3O6. The smallest absolute Gasteiger partial charge is 0.326 e. The van der Waals surface area contributed by atoms with E-state index >= 15 is 0 Å². The number of aromatic nitrogens is 2. The number of aliphatic hydroxyl groups is 1. The van der Waals surface area contributed by atoms with E-state index in [9.17, 15) is 29.7 Å². The van der Waals surface area contributed by atoms with Crippen LogP contribution in [0.25, 0.3) is 0 Å². The third-order valence-electron chi connectivity index (χ3n) is 14.3. The van der Waals surface area contributed by atoms with E-state index in [4.69, 9.17) is 9.97 Å². The van der Waals surface area contributed by atoms with Crippen molar-refractivity contribution >= 4 is 17.8 Å². The summed E-state index contributed by atoms with van der Waals surface area (Å²) in [5.41, 5.74) is 1.80. The first-order valence-electron chi connectivity index (χ1n) is 16.8. The van der Waals surface area contributed by atoms with Crippen LogP contribution in [0.5, 0.6) is 0 Å². The maximum Gasteiger partial charge on any atom is 0.326 e. The van der Waals surface area contributed by atoms with Gasteiger partial charge in [0.15, 0.2) is 0 Å². The fraction of sp³-hybridized carbons (Fsp3) is 0.750. The molecule has 3 fully saturated rings. The van der Waals surface area contributed by atoms with Crippen LogP contribution in [0.2, 0.25) is 0 Å². The molecule has 9 atom stereocenters. The third kappa shape index (κ3) is 4.45. The number of fused-ring (bicyclic) bond motifs is 8. The predicted octanol–water partition coefficient (Wildman–Crippen LogP) is 5.31. The van der Waals surface area contributed by atoms with Crippen LogP contribution in [0.3, 0.4) is 0 Å². The molecule has 1 amide bonds. The second kappa shape index (κ2) is 10.3. The third-order valence-corrected chi connectivity index (χ3v) is 14.3. The van der Waals surface area contributed by atoms with Crippen molar-refractivity contribution in [2.24, 2.45) is 44.8 Å². The number of amides is 1. The number of carboxylic acids is 2. The lowest BCUT2D eigenvalue weighted by atomic mass is 9.33. The highest BCUT2D eigenvalue weighted by atomic mass is 16.4. The van der Waals surface area contributed by atoms with Gasteiger partial charge >= 0.3 is 11.9 Å². The summed E-state index contributed by atoms with van der Waals surface area (Å²) in [6.07, 6.45) is 12.9. The topological polar surface area (TPSA) is 150 Å². The van der Waals surface area contributed by atoms with E-state index in [-0.39, 0.29) is 46.0 Å². The molecule has 246 valence electrons. The minimum absolute atomic E-state index is 0.0247. The lowest BCUT2D eigenvalue weighted by Crippen LogP contribution is -2.66. The highest BCUT2D eigenvalue weighted by Gasteiger charge is 2.69. The SMILES string of the molecule is CC1(C)CC[C@]2(C(=O)N[C@@H](CC(=O)O)C(=O)O)CC[C@]3(C)C(=CC[C@@H]4[C@@]5(C)Cc6nccnc6[C@@](C)(CO)[C@@H]5CC[C@]43C)[C@@H]2C1. The van der Waals surface area contributed by atoms with E-state index in [1.54, 1.807) is 12.4 Å². The molecule has 3 saturated carbocycles. The molecule has 9 nitrogen and oxygen atoms in total. The van der Waals surface area contributed by atoms with Gasteiger partial charge in [0.25, 0.3) is 0 Å². The maximum absolute atomic E-state index is 14.2. The molecule has 45 heavy (non-hydrogen) atoms. The van der Waals surface area contributed by atoms with Crippen LogP contribution in [0.15, 0.2) is 24.0 Å². The summed E-state index contributed by atoms with van der Waals surface area (Å²) in [6.45, 7) is 14.1. The maximum atomic E-state index is 14.2. The Morgan fingerprint density at radius 3 is 2.31 bits per heavy atom. The fourth-order valence-electron chi connectivity index (χ4n) is 11.7. The summed E-state index contributed by atoms with van der Waals surface area (Å²) in [5.74, 6) is -2.29. The summed E-state index contributed by atoms with van der Waals surface area (Å²) in [7, 11) is 0. The molecule has 1 heterocycles. The van der Waals surface area contributed by atoms with Gasteiger partial charge in [0.05, 0.1) is 29.8 Å². The second-order valence-corrected chi connectivity index (χ2v) is 16.9. The van der Waals surface area contributed by atoms with E-state index in [0.717, 1.165) is 56.3 Å². The Kier molecular flexibility index (Phi) is 7.39. The van der Waals surface area contributed by atoms with Crippen LogP contribution in [0.4, 0.5) is 0 Å². The van der Waals surface area contributed by atoms with Crippen LogP contribution >= 0.6 is 0 Å². The molecule has 5 aliphatic carbocycles. The first-order valence-corrected chi connectivity index (χ1v) is 16.8. The number of carboxylic acid groups (broad SMARTS) is 2. The summed E-state index contributed by atoms with van der Waals surface area (Å²) in [6, 6.07) is -1.45. The molecular weight excluding hydrogens is 570 g/mol. The van der Waals surface area contributed by atoms with Gasteiger partial charge in [-0.25, -0.2) is 4.79 Å². The summed E-state index contributed by atoms with van der Waals surface area (Å²) in [4.78, 5) is 47.2. The molecule has 0 radical (unpaired) electrons. The molecule has 5 aliphatic rings. The average Bonchev–Trinajstić information content (AvgIpc) is 2.96. The van der Waals surface area contributed by atoms with Crippen molar-refractivity contribution in [2.45, 2.75) is 117 Å². The van der Waals surface area contributed by atoms with Crippen molar-refractivity contribution in [1.82, 2.24) is 15.3 Å². The van der Waals surface area contributed by atoms with E-state index in [1.165, 1.54) is 5.57 Å². The molecule has 0 aromatic carbocycles. The number of carbonyl (C=O) groups excluding carboxylic acids is 1. The van der Waals surface area contributed by atoms with Crippen LogP contribution in [0.1, 0.15) is 111 Å². The molecule has 6 rings (SSSR count). The van der Waals surface area contributed by atoms with Gasteiger partial charge < -0.3 is 20.6 Å². The van der Waals surface area contributed by atoms with Gasteiger partial charge in [-0.1, -0.05) is 53.2 Å². The Morgan fingerprint density at radius 1 is 0.956 bits per heavy atom. The van der Waals surface area contributed by atoms with Crippen molar-refractivity contribution in [3.63, 3.8) is 0 Å². The molecule has 1 aromatic heterocycles. The van der Waals surface area contributed by atoms with Crippen molar-refractivity contribution in [2.75, 3.05) is 6.61 Å². The Bertz CT molecular complexity index is 1460. The predicted molar refractivity (Wildman–Crippen MR) is 168 cm³/mol. The van der Waals surface area contributed by atoms with E-state index in [1.807, 2.05) is 0 Å². The van der Waals surface area contributed by atoms with E-state index in [0.29, 0.717) is 18.8 Å². The number of hydrogen-bond donors (Lipinski definition) is 4. The molecule has 1 aromatic rings. The monoisotopic (exact) mass is 621 g/mol. The van der Waals surface area contributed by atoms with Crippen molar-refractivity contribution in [1.29, 1.82) is 0 Å². The number of aliphatic hydroxyl groups excluding tert-OH is 1. The zero-order chi connectivity index (χ0) is 32.8. The zero-order valence-electron chi connectivity index (χ0n) is 27.8. The number of aliphatic carboxylic acids is 2. The number of rotatable bonds is 6. The van der Waals surface area contributed by atoms with Gasteiger partial charge in [-0.3, -0.25) is 19.6 Å². The lowest BCUT2D eigenvalue weighted by molar-refractivity contribution is -0.172. The second-order valence-electron chi connectivity index (χ2n) is 16.9. The summed E-state index contributed by atoms with van der Waals surface area (Å²) < 4.78 is 0. The summed E-state index contributed by atoms with van der Waals surface area (Å²) in [5, 5.41) is 32.7. The number of allylic oxidation sites excluding steroid dienone is 2. The molecule has 9 heteroatoms. The summed E-state index contributed by atoms with van der Waals surface area (Å²) >= 11 is 0. The van der Waals surface area contributed by atoms with E-state index in [2.05, 4.69) is 52.9 Å². The fourth-order valence-corrected chi connectivity index (χ4v) is 11.7. The Balaban J connectivity index is 1.41. The number of hydrogen-bond acceptors (Lipinski definition) is 6. The van der Waals surface area contributed by atoms with Crippen LogP contribution < -0.4 is 5.32 Å². The van der Waals surface area contributed by atoms with E-state index < -0.39 is 35.2 Å². The number of nitrogens with zero attached hydrogens (tertiary/aromatic N) is 2. The van der Waals surface area contributed by atoms with Gasteiger partial charge in [-0.15, -0.1) is 0 Å². The van der Waals surface area contributed by atoms with Gasteiger partial charge in [0.1, 0.15) is 6.04 Å².